The molecule has 0 aliphatic heterocycles. The molecule has 2 heterocycles. The van der Waals surface area contributed by atoms with Crippen LogP contribution in [0.4, 0.5) is 0 Å². The van der Waals surface area contributed by atoms with Crippen molar-refractivity contribution in [3.63, 3.8) is 0 Å². The Morgan fingerprint density at radius 2 is 1.36 bits per heavy atom. The molecule has 0 aliphatic rings. The third kappa shape index (κ3) is 1.96. The fourth-order valence-corrected chi connectivity index (χ4v) is 1.85. The SMILES string of the molecule is BrCc1ccc2ccc(CBr)nc2n1. The molecule has 72 valence electrons. The van der Waals surface area contributed by atoms with Gasteiger partial charge in [0.05, 0.1) is 11.4 Å². The maximum Gasteiger partial charge on any atom is 0.159 e. The molecule has 0 spiro atoms. The maximum atomic E-state index is 4.42. The van der Waals surface area contributed by atoms with Crippen molar-refractivity contribution in [2.24, 2.45) is 0 Å². The van der Waals surface area contributed by atoms with Gasteiger partial charge >= 0.3 is 0 Å². The predicted octanol–water partition coefficient (Wildman–Crippen LogP) is 3.42. The van der Waals surface area contributed by atoms with Gasteiger partial charge in [-0.1, -0.05) is 31.9 Å². The number of hydrogen-bond acceptors (Lipinski definition) is 2. The summed E-state index contributed by atoms with van der Waals surface area (Å²) in [5, 5.41) is 2.62. The molecule has 2 aromatic rings. The van der Waals surface area contributed by atoms with Crippen LogP contribution in [0.3, 0.4) is 0 Å². The van der Waals surface area contributed by atoms with Crippen LogP contribution < -0.4 is 0 Å². The van der Waals surface area contributed by atoms with Gasteiger partial charge in [-0.05, 0) is 24.3 Å². The molecule has 0 N–H and O–H groups in total. The van der Waals surface area contributed by atoms with E-state index in [0.29, 0.717) is 0 Å². The molecule has 0 saturated heterocycles. The monoisotopic (exact) mass is 314 g/mol. The molecule has 0 aromatic carbocycles. The lowest BCUT2D eigenvalue weighted by atomic mass is 10.2. The average Bonchev–Trinajstić information content (AvgIpc) is 2.27. The number of rotatable bonds is 2. The Balaban J connectivity index is 2.60. The lowest BCUT2D eigenvalue weighted by molar-refractivity contribution is 1.15. The molecule has 2 nitrogen and oxygen atoms in total. The van der Waals surface area contributed by atoms with Gasteiger partial charge in [-0.2, -0.15) is 0 Å². The zero-order valence-electron chi connectivity index (χ0n) is 7.37. The zero-order valence-corrected chi connectivity index (χ0v) is 10.5. The highest BCUT2D eigenvalue weighted by atomic mass is 79.9. The number of hydrogen-bond donors (Lipinski definition) is 0. The second-order valence-corrected chi connectivity index (χ2v) is 4.04. The van der Waals surface area contributed by atoms with Crippen molar-refractivity contribution in [1.29, 1.82) is 0 Å². The van der Waals surface area contributed by atoms with Crippen LogP contribution in [0, 0.1) is 0 Å². The van der Waals surface area contributed by atoms with E-state index in [1.54, 1.807) is 0 Å². The van der Waals surface area contributed by atoms with E-state index < -0.39 is 0 Å². The lowest BCUT2D eigenvalue weighted by Gasteiger charge is -2.00. The first-order chi connectivity index (χ1) is 6.83. The van der Waals surface area contributed by atoms with Crippen molar-refractivity contribution in [1.82, 2.24) is 9.97 Å². The Morgan fingerprint density at radius 1 is 0.857 bits per heavy atom. The van der Waals surface area contributed by atoms with Gasteiger partial charge in [0, 0.05) is 16.0 Å². The van der Waals surface area contributed by atoms with Crippen LogP contribution in [0.2, 0.25) is 0 Å². The third-order valence-corrected chi connectivity index (χ3v) is 3.09. The topological polar surface area (TPSA) is 25.8 Å². The summed E-state index contributed by atoms with van der Waals surface area (Å²) in [5.74, 6) is 0. The van der Waals surface area contributed by atoms with E-state index in [0.717, 1.165) is 33.1 Å². The van der Waals surface area contributed by atoms with Gasteiger partial charge in [-0.25, -0.2) is 9.97 Å². The van der Waals surface area contributed by atoms with E-state index in [1.165, 1.54) is 0 Å². The molecule has 4 heteroatoms. The Kier molecular flexibility index (Phi) is 3.13. The summed E-state index contributed by atoms with van der Waals surface area (Å²) in [6, 6.07) is 8.10. The Bertz CT molecular complexity index is 418. The summed E-state index contributed by atoms with van der Waals surface area (Å²) in [6.07, 6.45) is 0. The number of nitrogens with zero attached hydrogens (tertiary/aromatic N) is 2. The van der Waals surface area contributed by atoms with Crippen LogP contribution in [-0.4, -0.2) is 9.97 Å². The minimum Gasteiger partial charge on any atom is -0.232 e. The van der Waals surface area contributed by atoms with E-state index >= 15 is 0 Å². The molecular weight excluding hydrogens is 308 g/mol. The van der Waals surface area contributed by atoms with E-state index in [9.17, 15) is 0 Å². The van der Waals surface area contributed by atoms with Gasteiger partial charge in [0.25, 0.3) is 0 Å². The highest BCUT2D eigenvalue weighted by Gasteiger charge is 1.99. The fraction of sp³-hybridized carbons (Fsp3) is 0.200. The summed E-state index contributed by atoms with van der Waals surface area (Å²) >= 11 is 6.76. The largest absolute Gasteiger partial charge is 0.232 e. The third-order valence-electron chi connectivity index (χ3n) is 1.94. The first kappa shape index (κ1) is 10.1. The average molecular weight is 316 g/mol. The first-order valence-corrected chi connectivity index (χ1v) is 6.45. The standard InChI is InChI=1S/C10H8Br2N2/c11-5-8-3-1-7-2-4-9(6-12)14-10(7)13-8/h1-4H,5-6H2. The van der Waals surface area contributed by atoms with E-state index in [1.807, 2.05) is 24.3 Å². The van der Waals surface area contributed by atoms with Gasteiger partial charge in [0.15, 0.2) is 5.65 Å². The second kappa shape index (κ2) is 4.36. The first-order valence-electron chi connectivity index (χ1n) is 4.21. The van der Waals surface area contributed by atoms with Crippen molar-refractivity contribution in [2.45, 2.75) is 10.7 Å². The van der Waals surface area contributed by atoms with Crippen molar-refractivity contribution in [2.75, 3.05) is 0 Å². The summed E-state index contributed by atoms with van der Waals surface area (Å²) in [5.41, 5.74) is 2.84. The van der Waals surface area contributed by atoms with E-state index in [4.69, 9.17) is 0 Å². The highest BCUT2D eigenvalue weighted by Crippen LogP contribution is 2.14. The molecule has 0 fully saturated rings. The number of pyridine rings is 2. The Labute approximate surface area is 99.0 Å². The normalized spacial score (nSPS) is 10.7. The van der Waals surface area contributed by atoms with Crippen molar-refractivity contribution in [3.8, 4) is 0 Å². The summed E-state index contributed by atoms with van der Waals surface area (Å²) in [4.78, 5) is 8.85. The van der Waals surface area contributed by atoms with Gasteiger partial charge in [-0.15, -0.1) is 0 Å². The van der Waals surface area contributed by atoms with Crippen LogP contribution in [-0.2, 0) is 10.7 Å². The molecule has 0 unspecified atom stereocenters. The van der Waals surface area contributed by atoms with Crippen molar-refractivity contribution < 1.29 is 0 Å². The van der Waals surface area contributed by atoms with Crippen LogP contribution in [0.5, 0.6) is 0 Å². The molecule has 14 heavy (non-hydrogen) atoms. The van der Waals surface area contributed by atoms with Crippen LogP contribution in [0.1, 0.15) is 11.4 Å². The molecule has 0 amide bonds. The highest BCUT2D eigenvalue weighted by molar-refractivity contribution is 9.08. The van der Waals surface area contributed by atoms with Crippen molar-refractivity contribution in [3.05, 3.63) is 35.7 Å². The summed E-state index contributed by atoms with van der Waals surface area (Å²) < 4.78 is 0. The molecule has 0 aliphatic carbocycles. The molecular formula is C10H8Br2N2. The summed E-state index contributed by atoms with van der Waals surface area (Å²) in [6.45, 7) is 0. The fourth-order valence-electron chi connectivity index (χ4n) is 1.23. The molecule has 0 radical (unpaired) electrons. The zero-order chi connectivity index (χ0) is 9.97. The maximum absolute atomic E-state index is 4.42. The van der Waals surface area contributed by atoms with Crippen LogP contribution in [0.25, 0.3) is 11.0 Å². The van der Waals surface area contributed by atoms with Gasteiger partial charge < -0.3 is 0 Å². The smallest absolute Gasteiger partial charge is 0.159 e. The van der Waals surface area contributed by atoms with Crippen molar-refractivity contribution >= 4 is 42.9 Å². The van der Waals surface area contributed by atoms with Crippen LogP contribution in [0.15, 0.2) is 24.3 Å². The predicted molar refractivity (Wildman–Crippen MR) is 64.8 cm³/mol. The summed E-state index contributed by atoms with van der Waals surface area (Å²) in [7, 11) is 0. The second-order valence-electron chi connectivity index (χ2n) is 2.92. The molecule has 0 atom stereocenters. The van der Waals surface area contributed by atoms with E-state index in [2.05, 4.69) is 41.8 Å². The number of aromatic nitrogens is 2. The number of alkyl halides is 2. The quantitative estimate of drug-likeness (QED) is 0.794. The molecule has 0 saturated carbocycles. The van der Waals surface area contributed by atoms with Crippen LogP contribution >= 0.6 is 31.9 Å². The lowest BCUT2D eigenvalue weighted by Crippen LogP contribution is -1.91. The molecule has 2 aromatic heterocycles. The van der Waals surface area contributed by atoms with Gasteiger partial charge in [0.2, 0.25) is 0 Å². The minimum atomic E-state index is 0.767. The van der Waals surface area contributed by atoms with E-state index in [-0.39, 0.29) is 0 Å². The van der Waals surface area contributed by atoms with Gasteiger partial charge in [0.1, 0.15) is 0 Å². The molecule has 2 rings (SSSR count). The van der Waals surface area contributed by atoms with Gasteiger partial charge in [-0.3, -0.25) is 0 Å². The Hall–Kier alpha value is -0.480. The molecule has 0 bridgehead atoms. The Morgan fingerprint density at radius 3 is 1.79 bits per heavy atom. The number of halogens is 2. The number of fused-ring (bicyclic) bond motifs is 1. The minimum absolute atomic E-state index is 0.767.